The van der Waals surface area contributed by atoms with Gasteiger partial charge in [0.05, 0.1) is 30.8 Å². The van der Waals surface area contributed by atoms with E-state index in [1.54, 1.807) is 32.2 Å². The van der Waals surface area contributed by atoms with Crippen LogP contribution in [0.2, 0.25) is 0 Å². The lowest BCUT2D eigenvalue weighted by Crippen LogP contribution is -2.31. The van der Waals surface area contributed by atoms with E-state index in [0.717, 1.165) is 5.69 Å². The molecule has 28 heavy (non-hydrogen) atoms. The highest BCUT2D eigenvalue weighted by Crippen LogP contribution is 2.21. The number of benzene rings is 1. The fraction of sp³-hybridized carbons (Fsp3) is 0.250. The van der Waals surface area contributed by atoms with Crippen LogP contribution in [0.3, 0.4) is 0 Å². The average Bonchev–Trinajstić information content (AvgIpc) is 3.37. The zero-order chi connectivity index (χ0) is 19.9. The number of ether oxygens (including phenoxy) is 2. The van der Waals surface area contributed by atoms with Crippen molar-refractivity contribution in [1.82, 2.24) is 15.1 Å². The van der Waals surface area contributed by atoms with Crippen LogP contribution in [0.25, 0.3) is 5.69 Å². The Morgan fingerprint density at radius 2 is 2.00 bits per heavy atom. The zero-order valence-corrected chi connectivity index (χ0v) is 15.6. The number of esters is 1. The fourth-order valence-corrected chi connectivity index (χ4v) is 2.55. The van der Waals surface area contributed by atoms with Crippen LogP contribution < -0.4 is 10.1 Å². The Bertz CT molecular complexity index is 919. The summed E-state index contributed by atoms with van der Waals surface area (Å²) >= 11 is 0. The SMILES string of the molecule is CCOC(=O)c1nn(-c2ccccc2)cc1OCC(=O)NC(C)c1ccco1. The Morgan fingerprint density at radius 1 is 1.21 bits per heavy atom. The summed E-state index contributed by atoms with van der Waals surface area (Å²) in [6.45, 7) is 3.43. The number of amides is 1. The van der Waals surface area contributed by atoms with Crippen LogP contribution in [0, 0.1) is 0 Å². The molecule has 146 valence electrons. The third kappa shape index (κ3) is 4.59. The largest absolute Gasteiger partial charge is 0.480 e. The molecule has 3 rings (SSSR count). The van der Waals surface area contributed by atoms with Gasteiger partial charge in [-0.1, -0.05) is 18.2 Å². The molecular formula is C20H21N3O5. The van der Waals surface area contributed by atoms with Crippen molar-refractivity contribution < 1.29 is 23.5 Å². The summed E-state index contributed by atoms with van der Waals surface area (Å²) in [7, 11) is 0. The minimum absolute atomic E-state index is 0.0117. The number of furan rings is 1. The molecule has 1 aromatic carbocycles. The Morgan fingerprint density at radius 3 is 2.68 bits per heavy atom. The molecule has 0 aliphatic carbocycles. The van der Waals surface area contributed by atoms with Gasteiger partial charge < -0.3 is 19.2 Å². The average molecular weight is 383 g/mol. The molecule has 0 radical (unpaired) electrons. The summed E-state index contributed by atoms with van der Waals surface area (Å²) in [6.07, 6.45) is 3.09. The molecule has 0 aliphatic heterocycles. The second kappa shape index (κ2) is 8.90. The maximum Gasteiger partial charge on any atom is 0.362 e. The molecule has 2 aromatic heterocycles. The van der Waals surface area contributed by atoms with Gasteiger partial charge >= 0.3 is 5.97 Å². The lowest BCUT2D eigenvalue weighted by Gasteiger charge is -2.11. The molecule has 0 aliphatic rings. The van der Waals surface area contributed by atoms with Crippen LogP contribution in [-0.2, 0) is 9.53 Å². The predicted octanol–water partition coefficient (Wildman–Crippen LogP) is 2.90. The minimum Gasteiger partial charge on any atom is -0.480 e. The number of hydrogen-bond acceptors (Lipinski definition) is 6. The van der Waals surface area contributed by atoms with Gasteiger partial charge in [-0.2, -0.15) is 5.10 Å². The van der Waals surface area contributed by atoms with Gasteiger partial charge in [-0.25, -0.2) is 9.48 Å². The molecule has 3 aromatic rings. The van der Waals surface area contributed by atoms with Gasteiger partial charge in [0.2, 0.25) is 5.69 Å². The van der Waals surface area contributed by atoms with E-state index < -0.39 is 5.97 Å². The van der Waals surface area contributed by atoms with Crippen molar-refractivity contribution in [2.45, 2.75) is 19.9 Å². The van der Waals surface area contributed by atoms with Gasteiger partial charge in [0.25, 0.3) is 5.91 Å². The Kier molecular flexibility index (Phi) is 6.11. The van der Waals surface area contributed by atoms with E-state index in [1.807, 2.05) is 30.3 Å². The lowest BCUT2D eigenvalue weighted by atomic mass is 10.2. The second-order valence-electron chi connectivity index (χ2n) is 5.94. The highest BCUT2D eigenvalue weighted by molar-refractivity contribution is 5.90. The van der Waals surface area contributed by atoms with Crippen molar-refractivity contribution in [3.05, 3.63) is 66.4 Å². The number of rotatable bonds is 8. The summed E-state index contributed by atoms with van der Waals surface area (Å²) in [6, 6.07) is 12.5. The van der Waals surface area contributed by atoms with Crippen molar-refractivity contribution in [3.63, 3.8) is 0 Å². The van der Waals surface area contributed by atoms with Crippen molar-refractivity contribution in [2.24, 2.45) is 0 Å². The van der Waals surface area contributed by atoms with Crippen LogP contribution in [-0.4, -0.2) is 34.9 Å². The van der Waals surface area contributed by atoms with Crippen LogP contribution >= 0.6 is 0 Å². The number of nitrogens with one attached hydrogen (secondary N) is 1. The first kappa shape index (κ1) is 19.2. The van der Waals surface area contributed by atoms with Gasteiger partial charge in [0.15, 0.2) is 12.4 Å². The van der Waals surface area contributed by atoms with Crippen LogP contribution in [0.1, 0.15) is 36.1 Å². The summed E-state index contributed by atoms with van der Waals surface area (Å²) < 4.78 is 17.4. The first-order chi connectivity index (χ1) is 13.6. The van der Waals surface area contributed by atoms with Gasteiger partial charge in [-0.15, -0.1) is 0 Å². The zero-order valence-electron chi connectivity index (χ0n) is 15.6. The van der Waals surface area contributed by atoms with Crippen molar-refractivity contribution >= 4 is 11.9 Å². The van der Waals surface area contributed by atoms with Gasteiger partial charge in [0, 0.05) is 0 Å². The topological polar surface area (TPSA) is 95.6 Å². The maximum absolute atomic E-state index is 12.2. The molecule has 8 heteroatoms. The summed E-state index contributed by atoms with van der Waals surface area (Å²) in [4.78, 5) is 24.4. The first-order valence-electron chi connectivity index (χ1n) is 8.86. The number of hydrogen-bond donors (Lipinski definition) is 1. The van der Waals surface area contributed by atoms with E-state index >= 15 is 0 Å². The molecule has 2 heterocycles. The number of carbonyl (C=O) groups is 2. The van der Waals surface area contributed by atoms with Crippen molar-refractivity contribution in [3.8, 4) is 11.4 Å². The van der Waals surface area contributed by atoms with Crippen LogP contribution in [0.15, 0.2) is 59.3 Å². The highest BCUT2D eigenvalue weighted by atomic mass is 16.5. The summed E-state index contributed by atoms with van der Waals surface area (Å²) in [5.74, 6) is -0.164. The molecule has 0 fully saturated rings. The molecule has 0 saturated carbocycles. The van der Waals surface area contributed by atoms with E-state index in [2.05, 4.69) is 10.4 Å². The van der Waals surface area contributed by atoms with E-state index in [4.69, 9.17) is 13.9 Å². The molecule has 1 N–H and O–H groups in total. The molecule has 1 amide bonds. The van der Waals surface area contributed by atoms with Crippen molar-refractivity contribution in [1.29, 1.82) is 0 Å². The maximum atomic E-state index is 12.2. The Labute approximate surface area is 162 Å². The van der Waals surface area contributed by atoms with E-state index in [1.165, 1.54) is 10.9 Å². The number of carbonyl (C=O) groups excluding carboxylic acids is 2. The minimum atomic E-state index is -0.614. The Balaban J connectivity index is 1.71. The van der Waals surface area contributed by atoms with Crippen LogP contribution in [0.5, 0.6) is 5.75 Å². The molecule has 8 nitrogen and oxygen atoms in total. The van der Waals surface area contributed by atoms with Crippen molar-refractivity contribution in [2.75, 3.05) is 13.2 Å². The molecule has 1 atom stereocenters. The molecule has 0 bridgehead atoms. The number of para-hydroxylation sites is 1. The normalized spacial score (nSPS) is 11.6. The molecule has 1 unspecified atom stereocenters. The molecule has 0 saturated heterocycles. The molecular weight excluding hydrogens is 362 g/mol. The number of aromatic nitrogens is 2. The third-order valence-electron chi connectivity index (χ3n) is 3.88. The smallest absolute Gasteiger partial charge is 0.362 e. The van der Waals surface area contributed by atoms with Gasteiger partial charge in [-0.05, 0) is 38.1 Å². The standard InChI is InChI=1S/C20H21N3O5/c1-3-26-20(25)19-17(12-23(22-19)15-8-5-4-6-9-15)28-13-18(24)21-14(2)16-10-7-11-27-16/h4-12,14H,3,13H2,1-2H3,(H,21,24). The first-order valence-corrected chi connectivity index (χ1v) is 8.86. The van der Waals surface area contributed by atoms with Gasteiger partial charge in [0.1, 0.15) is 5.76 Å². The summed E-state index contributed by atoms with van der Waals surface area (Å²) in [5.41, 5.74) is 0.761. The highest BCUT2D eigenvalue weighted by Gasteiger charge is 2.21. The molecule has 0 spiro atoms. The van der Waals surface area contributed by atoms with E-state index in [9.17, 15) is 9.59 Å². The summed E-state index contributed by atoms with van der Waals surface area (Å²) in [5, 5.41) is 7.01. The van der Waals surface area contributed by atoms with Crippen LogP contribution in [0.4, 0.5) is 0 Å². The quantitative estimate of drug-likeness (QED) is 0.601. The van der Waals surface area contributed by atoms with E-state index in [-0.39, 0.29) is 36.6 Å². The van der Waals surface area contributed by atoms with E-state index in [0.29, 0.717) is 5.76 Å². The second-order valence-corrected chi connectivity index (χ2v) is 5.94. The lowest BCUT2D eigenvalue weighted by molar-refractivity contribution is -0.123. The number of nitrogens with zero attached hydrogens (tertiary/aromatic N) is 2. The monoisotopic (exact) mass is 383 g/mol. The fourth-order valence-electron chi connectivity index (χ4n) is 2.55. The predicted molar refractivity (Wildman–Crippen MR) is 100 cm³/mol. The third-order valence-corrected chi connectivity index (χ3v) is 3.88. The Hall–Kier alpha value is -3.55. The van der Waals surface area contributed by atoms with Gasteiger partial charge in [-0.3, -0.25) is 4.79 Å².